The van der Waals surface area contributed by atoms with Crippen molar-refractivity contribution < 1.29 is 19.0 Å². The molecule has 0 saturated carbocycles. The number of nitrogens with zero attached hydrogens (tertiary/aromatic N) is 1. The molecule has 120 valence electrons. The number of hydrazone groups is 1. The van der Waals surface area contributed by atoms with Crippen LogP contribution >= 0.6 is 11.6 Å². The van der Waals surface area contributed by atoms with Crippen molar-refractivity contribution in [3.05, 3.63) is 58.4 Å². The summed E-state index contributed by atoms with van der Waals surface area (Å²) < 4.78 is 18.5. The number of ether oxygens (including phenoxy) is 1. The second-order valence-electron chi connectivity index (χ2n) is 4.64. The number of anilines is 1. The standard InChI is InChI=1S/C16H14ClFN2O3/c1-9(10-4-6-15(23-2)13(18)7-10)19-20-14-8-11(16(21)22)3-5-12(14)17/h3-8,20H,1-2H3,(H,21,22)/p-1/b19-9-. The molecule has 2 rings (SSSR count). The predicted molar refractivity (Wildman–Crippen MR) is 84.6 cm³/mol. The number of carbonyl (C=O) groups excluding carboxylic acids is 1. The van der Waals surface area contributed by atoms with E-state index in [1.54, 1.807) is 13.0 Å². The smallest absolute Gasteiger partial charge is 0.165 e. The predicted octanol–water partition coefficient (Wildman–Crippen LogP) is 2.69. The van der Waals surface area contributed by atoms with Crippen molar-refractivity contribution in [3.63, 3.8) is 0 Å². The molecule has 0 spiro atoms. The molecular formula is C16H13ClFN2O3-. The van der Waals surface area contributed by atoms with Gasteiger partial charge in [-0.3, -0.25) is 5.43 Å². The van der Waals surface area contributed by atoms with Crippen molar-refractivity contribution in [1.82, 2.24) is 0 Å². The van der Waals surface area contributed by atoms with Crippen molar-refractivity contribution in [3.8, 4) is 5.75 Å². The van der Waals surface area contributed by atoms with Crippen LogP contribution < -0.4 is 15.3 Å². The van der Waals surface area contributed by atoms with Gasteiger partial charge >= 0.3 is 0 Å². The number of nitrogens with one attached hydrogen (secondary N) is 1. The molecule has 0 atom stereocenters. The Balaban J connectivity index is 2.24. The number of methoxy groups -OCH3 is 1. The van der Waals surface area contributed by atoms with E-state index < -0.39 is 11.8 Å². The summed E-state index contributed by atoms with van der Waals surface area (Å²) in [6.45, 7) is 1.67. The summed E-state index contributed by atoms with van der Waals surface area (Å²) in [6.07, 6.45) is 0. The summed E-state index contributed by atoms with van der Waals surface area (Å²) in [6, 6.07) is 8.50. The highest BCUT2D eigenvalue weighted by molar-refractivity contribution is 6.33. The van der Waals surface area contributed by atoms with E-state index in [9.17, 15) is 14.3 Å². The minimum Gasteiger partial charge on any atom is -0.545 e. The molecule has 0 aliphatic rings. The molecule has 2 aromatic rings. The van der Waals surface area contributed by atoms with E-state index in [0.29, 0.717) is 22.0 Å². The molecule has 7 heteroatoms. The van der Waals surface area contributed by atoms with E-state index in [1.807, 2.05) is 0 Å². The van der Waals surface area contributed by atoms with Crippen LogP contribution in [0.4, 0.5) is 10.1 Å². The highest BCUT2D eigenvalue weighted by Gasteiger charge is 2.06. The number of hydrogen-bond donors (Lipinski definition) is 1. The average Bonchev–Trinajstić information content (AvgIpc) is 2.53. The number of carbonyl (C=O) groups is 1. The van der Waals surface area contributed by atoms with Crippen molar-refractivity contribution in [1.29, 1.82) is 0 Å². The quantitative estimate of drug-likeness (QED) is 0.673. The van der Waals surface area contributed by atoms with Gasteiger partial charge in [0.25, 0.3) is 0 Å². The van der Waals surface area contributed by atoms with Crippen LogP contribution in [0.15, 0.2) is 41.5 Å². The van der Waals surface area contributed by atoms with Crippen LogP contribution in [0.5, 0.6) is 5.75 Å². The molecule has 0 heterocycles. The SMILES string of the molecule is COc1ccc(/C(C)=N\Nc2cc(C(=O)[O-])ccc2Cl)cc1F. The Hall–Kier alpha value is -2.60. The van der Waals surface area contributed by atoms with Crippen molar-refractivity contribution >= 4 is 29.0 Å². The Morgan fingerprint density at radius 3 is 2.57 bits per heavy atom. The number of halogens is 2. The highest BCUT2D eigenvalue weighted by atomic mass is 35.5. The molecule has 0 aromatic heterocycles. The molecule has 0 fully saturated rings. The van der Waals surface area contributed by atoms with Gasteiger partial charge in [0.15, 0.2) is 11.6 Å². The number of carboxylic acid groups (broad SMARTS) is 1. The summed E-state index contributed by atoms with van der Waals surface area (Å²) in [5, 5.41) is 15.2. The molecule has 0 amide bonds. The lowest BCUT2D eigenvalue weighted by Crippen LogP contribution is -2.22. The summed E-state index contributed by atoms with van der Waals surface area (Å²) in [5.41, 5.74) is 3.98. The molecule has 0 radical (unpaired) electrons. The first kappa shape index (κ1) is 16.8. The van der Waals surface area contributed by atoms with E-state index in [-0.39, 0.29) is 11.3 Å². The number of aromatic carboxylic acids is 1. The number of benzene rings is 2. The third-order valence-electron chi connectivity index (χ3n) is 3.12. The molecule has 5 nitrogen and oxygen atoms in total. The third kappa shape index (κ3) is 3.98. The van der Waals surface area contributed by atoms with E-state index in [0.717, 1.165) is 0 Å². The minimum atomic E-state index is -1.32. The normalized spacial score (nSPS) is 11.2. The fourth-order valence-corrected chi connectivity index (χ4v) is 2.00. The molecule has 0 unspecified atom stereocenters. The van der Waals surface area contributed by atoms with Crippen LogP contribution in [0.3, 0.4) is 0 Å². The van der Waals surface area contributed by atoms with Crippen molar-refractivity contribution in [2.45, 2.75) is 6.92 Å². The van der Waals surface area contributed by atoms with Crippen molar-refractivity contribution in [2.75, 3.05) is 12.5 Å². The van der Waals surface area contributed by atoms with Crippen LogP contribution in [0.2, 0.25) is 5.02 Å². The van der Waals surface area contributed by atoms with Gasteiger partial charge in [-0.15, -0.1) is 0 Å². The average molecular weight is 336 g/mol. The monoisotopic (exact) mass is 335 g/mol. The summed E-state index contributed by atoms with van der Waals surface area (Å²) >= 11 is 5.97. The van der Waals surface area contributed by atoms with Crippen LogP contribution in [-0.2, 0) is 0 Å². The maximum absolute atomic E-state index is 13.7. The van der Waals surface area contributed by atoms with E-state index >= 15 is 0 Å². The number of hydrogen-bond acceptors (Lipinski definition) is 5. The zero-order valence-electron chi connectivity index (χ0n) is 12.4. The lowest BCUT2D eigenvalue weighted by molar-refractivity contribution is -0.255. The molecule has 2 aromatic carbocycles. The Morgan fingerprint density at radius 1 is 1.26 bits per heavy atom. The maximum Gasteiger partial charge on any atom is 0.165 e. The summed E-state index contributed by atoms with van der Waals surface area (Å²) in [7, 11) is 1.38. The Morgan fingerprint density at radius 2 is 1.96 bits per heavy atom. The maximum atomic E-state index is 13.7. The molecule has 0 aliphatic carbocycles. The molecule has 23 heavy (non-hydrogen) atoms. The highest BCUT2D eigenvalue weighted by Crippen LogP contribution is 2.23. The Labute approximate surface area is 137 Å². The fraction of sp³-hybridized carbons (Fsp3) is 0.125. The second kappa shape index (κ2) is 7.11. The van der Waals surface area contributed by atoms with Gasteiger partial charge in [0, 0.05) is 5.56 Å². The van der Waals surface area contributed by atoms with Crippen molar-refractivity contribution in [2.24, 2.45) is 5.10 Å². The van der Waals surface area contributed by atoms with Gasteiger partial charge in [0.1, 0.15) is 0 Å². The molecule has 0 aliphatic heterocycles. The van der Waals surface area contributed by atoms with Gasteiger partial charge in [-0.05, 0) is 42.8 Å². The van der Waals surface area contributed by atoms with E-state index in [1.165, 1.54) is 37.4 Å². The van der Waals surface area contributed by atoms with Crippen LogP contribution in [0.25, 0.3) is 0 Å². The third-order valence-corrected chi connectivity index (χ3v) is 3.45. The minimum absolute atomic E-state index is 0.0276. The van der Waals surface area contributed by atoms with E-state index in [4.69, 9.17) is 16.3 Å². The lowest BCUT2D eigenvalue weighted by Gasteiger charge is -2.09. The van der Waals surface area contributed by atoms with Gasteiger partial charge < -0.3 is 14.6 Å². The van der Waals surface area contributed by atoms with E-state index in [2.05, 4.69) is 10.5 Å². The van der Waals surface area contributed by atoms with Gasteiger partial charge in [0.05, 0.1) is 29.5 Å². The Bertz CT molecular complexity index is 778. The molecule has 0 saturated heterocycles. The first-order valence-electron chi connectivity index (χ1n) is 6.57. The molecule has 1 N–H and O–H groups in total. The first-order chi connectivity index (χ1) is 10.9. The summed E-state index contributed by atoms with van der Waals surface area (Å²) in [4.78, 5) is 10.9. The van der Waals surface area contributed by atoms with Gasteiger partial charge in [-0.25, -0.2) is 4.39 Å². The second-order valence-corrected chi connectivity index (χ2v) is 5.05. The first-order valence-corrected chi connectivity index (χ1v) is 6.95. The molecular weight excluding hydrogens is 323 g/mol. The lowest BCUT2D eigenvalue weighted by atomic mass is 10.1. The zero-order chi connectivity index (χ0) is 17.0. The fourth-order valence-electron chi connectivity index (χ4n) is 1.84. The van der Waals surface area contributed by atoms with Gasteiger partial charge in [-0.2, -0.15) is 5.10 Å². The van der Waals surface area contributed by atoms with Crippen LogP contribution in [0, 0.1) is 5.82 Å². The summed E-state index contributed by atoms with van der Waals surface area (Å²) in [5.74, 6) is -1.68. The van der Waals surface area contributed by atoms with Crippen LogP contribution in [0.1, 0.15) is 22.8 Å². The topological polar surface area (TPSA) is 73.8 Å². The molecule has 0 bridgehead atoms. The number of carboxylic acids is 1. The Kier molecular flexibility index (Phi) is 5.18. The zero-order valence-corrected chi connectivity index (χ0v) is 13.1. The largest absolute Gasteiger partial charge is 0.545 e. The van der Waals surface area contributed by atoms with Gasteiger partial charge in [-0.1, -0.05) is 17.7 Å². The van der Waals surface area contributed by atoms with Crippen LogP contribution in [-0.4, -0.2) is 18.8 Å². The van der Waals surface area contributed by atoms with Gasteiger partial charge in [0.2, 0.25) is 0 Å². The number of rotatable bonds is 5.